The third-order valence-corrected chi connectivity index (χ3v) is 4.61. The van der Waals surface area contributed by atoms with E-state index < -0.39 is 29.9 Å². The average Bonchev–Trinajstić information content (AvgIpc) is 2.89. The molecule has 1 fully saturated rings. The number of halogens is 1. The maximum absolute atomic E-state index is 12.9. The fourth-order valence-electron chi connectivity index (χ4n) is 2.94. The number of hydrogen-bond acceptors (Lipinski definition) is 4. The van der Waals surface area contributed by atoms with Crippen LogP contribution in [0, 0.1) is 0 Å². The molecule has 2 heterocycles. The molecule has 1 atom stereocenters. The van der Waals surface area contributed by atoms with Crippen LogP contribution in [-0.2, 0) is 15.1 Å². The zero-order valence-electron chi connectivity index (χ0n) is 14.0. The molecule has 8 heteroatoms. The van der Waals surface area contributed by atoms with Gasteiger partial charge in [0, 0.05) is 6.20 Å². The summed E-state index contributed by atoms with van der Waals surface area (Å²) in [6.45, 7) is 1.40. The predicted molar refractivity (Wildman–Crippen MR) is 96.5 cm³/mol. The Morgan fingerprint density at radius 2 is 1.96 bits per heavy atom. The number of imide groups is 1. The molecule has 134 valence electrons. The number of amides is 4. The summed E-state index contributed by atoms with van der Waals surface area (Å²) in [5, 5.41) is 5.42. The summed E-state index contributed by atoms with van der Waals surface area (Å²) in [5.74, 6) is -0.994. The van der Waals surface area contributed by atoms with Crippen LogP contribution in [0.1, 0.15) is 18.9 Å². The molecular weight excluding hydrogens is 356 g/mol. The number of carbonyl (C=O) groups is 3. The smallest absolute Gasteiger partial charge is 0.322 e. The first-order chi connectivity index (χ1) is 12.5. The minimum atomic E-state index is -1.16. The molecule has 0 spiro atoms. The second kappa shape index (κ2) is 7.13. The van der Waals surface area contributed by atoms with Gasteiger partial charge in [-0.25, -0.2) is 9.78 Å². The third-order valence-electron chi connectivity index (χ3n) is 4.31. The zero-order valence-corrected chi connectivity index (χ0v) is 14.8. The summed E-state index contributed by atoms with van der Waals surface area (Å²) in [6, 6.07) is 11.6. The van der Waals surface area contributed by atoms with E-state index in [2.05, 4.69) is 15.6 Å². The molecule has 1 aromatic carbocycles. The number of hydrogen-bond donors (Lipinski definition) is 2. The van der Waals surface area contributed by atoms with Crippen molar-refractivity contribution >= 4 is 35.1 Å². The van der Waals surface area contributed by atoms with Crippen LogP contribution in [-0.4, -0.2) is 34.3 Å². The second-order valence-corrected chi connectivity index (χ2v) is 6.19. The molecule has 1 saturated heterocycles. The number of rotatable bonds is 5. The monoisotopic (exact) mass is 372 g/mol. The fourth-order valence-corrected chi connectivity index (χ4v) is 3.11. The van der Waals surface area contributed by atoms with E-state index in [4.69, 9.17) is 11.6 Å². The Morgan fingerprint density at radius 1 is 1.23 bits per heavy atom. The standard InChI is InChI=1S/C18H17ClN4O3/c1-2-18(12-7-4-3-5-8-12)16(25)23(17(26)22-18)11-14(24)21-13-9-6-10-20-15(13)19/h3-10H,2,11H2,1H3,(H,21,24)(H,22,26)/t18-/m1/s1. The summed E-state index contributed by atoms with van der Waals surface area (Å²) in [4.78, 5) is 42.4. The summed E-state index contributed by atoms with van der Waals surface area (Å²) < 4.78 is 0. The number of nitrogens with one attached hydrogen (secondary N) is 2. The van der Waals surface area contributed by atoms with Gasteiger partial charge in [-0.15, -0.1) is 0 Å². The summed E-state index contributed by atoms with van der Waals surface area (Å²) in [7, 11) is 0. The van der Waals surface area contributed by atoms with E-state index in [0.29, 0.717) is 17.7 Å². The number of aromatic nitrogens is 1. The third kappa shape index (κ3) is 3.13. The first-order valence-electron chi connectivity index (χ1n) is 8.08. The molecule has 0 saturated carbocycles. The molecule has 2 N–H and O–H groups in total. The normalized spacial score (nSPS) is 19.4. The number of nitrogens with zero attached hydrogens (tertiary/aromatic N) is 2. The Balaban J connectivity index is 1.79. The lowest BCUT2D eigenvalue weighted by Crippen LogP contribution is -2.44. The van der Waals surface area contributed by atoms with Crippen molar-refractivity contribution in [1.29, 1.82) is 0 Å². The van der Waals surface area contributed by atoms with Gasteiger partial charge >= 0.3 is 6.03 Å². The van der Waals surface area contributed by atoms with Crippen LogP contribution >= 0.6 is 11.6 Å². The first kappa shape index (κ1) is 17.9. The molecule has 26 heavy (non-hydrogen) atoms. The van der Waals surface area contributed by atoms with Crippen molar-refractivity contribution in [3.8, 4) is 0 Å². The molecule has 2 aromatic rings. The molecule has 7 nitrogen and oxygen atoms in total. The zero-order chi connectivity index (χ0) is 18.7. The van der Waals surface area contributed by atoms with Crippen molar-refractivity contribution in [3.05, 3.63) is 59.4 Å². The molecule has 3 rings (SSSR count). The quantitative estimate of drug-likeness (QED) is 0.623. The van der Waals surface area contributed by atoms with Crippen LogP contribution in [0.25, 0.3) is 0 Å². The minimum absolute atomic E-state index is 0.130. The number of benzene rings is 1. The van der Waals surface area contributed by atoms with Gasteiger partial charge in [0.25, 0.3) is 5.91 Å². The van der Waals surface area contributed by atoms with Gasteiger partial charge < -0.3 is 10.6 Å². The molecule has 1 aliphatic rings. The SMILES string of the molecule is CC[C@]1(c2ccccc2)NC(=O)N(CC(=O)Nc2cccnc2Cl)C1=O. The van der Waals surface area contributed by atoms with E-state index in [0.717, 1.165) is 4.90 Å². The van der Waals surface area contributed by atoms with Crippen LogP contribution in [0.5, 0.6) is 0 Å². The lowest BCUT2D eigenvalue weighted by atomic mass is 9.87. The van der Waals surface area contributed by atoms with E-state index in [1.807, 2.05) is 13.0 Å². The Kier molecular flexibility index (Phi) is 4.90. The van der Waals surface area contributed by atoms with Gasteiger partial charge in [0.1, 0.15) is 12.1 Å². The fraction of sp³-hybridized carbons (Fsp3) is 0.222. The Labute approximate surface area is 155 Å². The van der Waals surface area contributed by atoms with Gasteiger partial charge in [-0.1, -0.05) is 48.9 Å². The first-order valence-corrected chi connectivity index (χ1v) is 8.45. The van der Waals surface area contributed by atoms with Gasteiger partial charge in [0.2, 0.25) is 5.91 Å². The van der Waals surface area contributed by atoms with E-state index in [9.17, 15) is 14.4 Å². The number of pyridine rings is 1. The molecular formula is C18H17ClN4O3. The average molecular weight is 373 g/mol. The molecule has 0 radical (unpaired) electrons. The van der Waals surface area contributed by atoms with Crippen LogP contribution in [0.3, 0.4) is 0 Å². The van der Waals surface area contributed by atoms with Gasteiger partial charge in [0.15, 0.2) is 5.15 Å². The second-order valence-electron chi connectivity index (χ2n) is 5.84. The van der Waals surface area contributed by atoms with E-state index in [-0.39, 0.29) is 5.15 Å². The lowest BCUT2D eigenvalue weighted by Gasteiger charge is -2.25. The van der Waals surface area contributed by atoms with Gasteiger partial charge in [-0.3, -0.25) is 14.5 Å². The maximum atomic E-state index is 12.9. The lowest BCUT2D eigenvalue weighted by molar-refractivity contribution is -0.134. The van der Waals surface area contributed by atoms with E-state index >= 15 is 0 Å². The van der Waals surface area contributed by atoms with Gasteiger partial charge in [-0.05, 0) is 24.1 Å². The number of carbonyl (C=O) groups excluding carboxylic acids is 3. The van der Waals surface area contributed by atoms with Crippen molar-refractivity contribution in [2.75, 3.05) is 11.9 Å². The van der Waals surface area contributed by atoms with Crippen LogP contribution in [0.4, 0.5) is 10.5 Å². The highest BCUT2D eigenvalue weighted by atomic mass is 35.5. The summed E-state index contributed by atoms with van der Waals surface area (Å²) in [6.07, 6.45) is 1.86. The van der Waals surface area contributed by atoms with Gasteiger partial charge in [-0.2, -0.15) is 0 Å². The predicted octanol–water partition coefficient (Wildman–Crippen LogP) is 2.53. The highest BCUT2D eigenvalue weighted by Gasteiger charge is 2.51. The Hall–Kier alpha value is -2.93. The maximum Gasteiger partial charge on any atom is 0.325 e. The highest BCUT2D eigenvalue weighted by molar-refractivity contribution is 6.32. The van der Waals surface area contributed by atoms with Crippen molar-refractivity contribution in [2.45, 2.75) is 18.9 Å². The molecule has 1 aromatic heterocycles. The van der Waals surface area contributed by atoms with E-state index in [1.54, 1.807) is 36.4 Å². The molecule has 0 unspecified atom stereocenters. The largest absolute Gasteiger partial charge is 0.325 e. The number of urea groups is 1. The molecule has 0 bridgehead atoms. The van der Waals surface area contributed by atoms with Crippen LogP contribution in [0.15, 0.2) is 48.7 Å². The highest BCUT2D eigenvalue weighted by Crippen LogP contribution is 2.32. The van der Waals surface area contributed by atoms with Crippen molar-refractivity contribution in [3.63, 3.8) is 0 Å². The summed E-state index contributed by atoms with van der Waals surface area (Å²) in [5.41, 5.74) is -0.167. The Morgan fingerprint density at radius 3 is 2.62 bits per heavy atom. The van der Waals surface area contributed by atoms with Crippen molar-refractivity contribution in [1.82, 2.24) is 15.2 Å². The van der Waals surface area contributed by atoms with Crippen LogP contribution < -0.4 is 10.6 Å². The topological polar surface area (TPSA) is 91.4 Å². The van der Waals surface area contributed by atoms with Crippen molar-refractivity contribution in [2.24, 2.45) is 0 Å². The molecule has 0 aliphatic carbocycles. The minimum Gasteiger partial charge on any atom is -0.322 e. The molecule has 4 amide bonds. The van der Waals surface area contributed by atoms with E-state index in [1.165, 1.54) is 6.20 Å². The van der Waals surface area contributed by atoms with Crippen LogP contribution in [0.2, 0.25) is 5.15 Å². The van der Waals surface area contributed by atoms with Crippen molar-refractivity contribution < 1.29 is 14.4 Å². The molecule has 1 aliphatic heterocycles. The Bertz CT molecular complexity index is 859. The summed E-state index contributed by atoms with van der Waals surface area (Å²) >= 11 is 5.90. The number of anilines is 1. The van der Waals surface area contributed by atoms with Gasteiger partial charge in [0.05, 0.1) is 5.69 Å².